The van der Waals surface area contributed by atoms with Gasteiger partial charge in [0.05, 0.1) is 11.8 Å². The van der Waals surface area contributed by atoms with Crippen LogP contribution in [0.15, 0.2) is 21.4 Å². The number of hydrogen-bond donors (Lipinski definition) is 1. The van der Waals surface area contributed by atoms with Crippen LogP contribution in [0.3, 0.4) is 0 Å². The summed E-state index contributed by atoms with van der Waals surface area (Å²) in [6.07, 6.45) is 3.70. The Morgan fingerprint density at radius 2 is 2.50 bits per heavy atom. The molecule has 0 radical (unpaired) electrons. The van der Waals surface area contributed by atoms with Gasteiger partial charge in [0.25, 0.3) is 5.91 Å². The number of likely N-dealkylation sites (N-methyl/N-ethyl adjacent to an activating group) is 1. The zero-order chi connectivity index (χ0) is 11.5. The summed E-state index contributed by atoms with van der Waals surface area (Å²) in [5.41, 5.74) is 0.591. The molecule has 0 aliphatic carbocycles. The summed E-state index contributed by atoms with van der Waals surface area (Å²) in [5, 5.41) is 3.30. The molecule has 1 atom stereocenters. The fourth-order valence-electron chi connectivity index (χ4n) is 1.97. The lowest BCUT2D eigenvalue weighted by atomic mass is 10.1. The van der Waals surface area contributed by atoms with Crippen molar-refractivity contribution in [2.75, 3.05) is 20.1 Å². The maximum absolute atomic E-state index is 12.1. The average molecular weight is 287 g/mol. The quantitative estimate of drug-likeness (QED) is 0.903. The number of nitrogens with zero attached hydrogens (tertiary/aromatic N) is 1. The van der Waals surface area contributed by atoms with Gasteiger partial charge in [-0.3, -0.25) is 4.79 Å². The zero-order valence-electron chi connectivity index (χ0n) is 9.20. The predicted octanol–water partition coefficient (Wildman–Crippen LogP) is 1.87. The van der Waals surface area contributed by atoms with E-state index < -0.39 is 0 Å². The Balaban J connectivity index is 2.06. The highest BCUT2D eigenvalue weighted by atomic mass is 79.9. The van der Waals surface area contributed by atoms with Gasteiger partial charge in [0.15, 0.2) is 4.67 Å². The van der Waals surface area contributed by atoms with E-state index >= 15 is 0 Å². The fourth-order valence-corrected chi connectivity index (χ4v) is 2.38. The average Bonchev–Trinajstić information content (AvgIpc) is 2.75. The van der Waals surface area contributed by atoms with Gasteiger partial charge in [0, 0.05) is 19.6 Å². The van der Waals surface area contributed by atoms with Crippen LogP contribution in [0.1, 0.15) is 23.2 Å². The van der Waals surface area contributed by atoms with Gasteiger partial charge in [0.1, 0.15) is 0 Å². The molecule has 0 bridgehead atoms. The minimum absolute atomic E-state index is 0.00863. The van der Waals surface area contributed by atoms with Gasteiger partial charge < -0.3 is 14.6 Å². The number of piperidine rings is 1. The Labute approximate surface area is 103 Å². The van der Waals surface area contributed by atoms with E-state index in [-0.39, 0.29) is 11.9 Å². The molecule has 0 spiro atoms. The predicted molar refractivity (Wildman–Crippen MR) is 64.4 cm³/mol. The maximum atomic E-state index is 12.1. The molecule has 0 saturated carbocycles. The molecular weight excluding hydrogens is 272 g/mol. The maximum Gasteiger partial charge on any atom is 0.258 e. The summed E-state index contributed by atoms with van der Waals surface area (Å²) in [5.74, 6) is 0.00863. The molecule has 1 aliphatic heterocycles. The van der Waals surface area contributed by atoms with Crippen molar-refractivity contribution in [3.8, 4) is 0 Å². The van der Waals surface area contributed by atoms with Crippen LogP contribution in [0.2, 0.25) is 0 Å². The third-order valence-corrected chi connectivity index (χ3v) is 3.60. The molecule has 1 fully saturated rings. The molecule has 1 aromatic rings. The van der Waals surface area contributed by atoms with Crippen molar-refractivity contribution in [2.45, 2.75) is 18.9 Å². The molecule has 2 rings (SSSR count). The second kappa shape index (κ2) is 5.01. The number of carbonyl (C=O) groups is 1. The smallest absolute Gasteiger partial charge is 0.258 e. The number of nitrogens with one attached hydrogen (secondary N) is 1. The van der Waals surface area contributed by atoms with E-state index in [1.807, 2.05) is 7.05 Å². The van der Waals surface area contributed by atoms with Crippen molar-refractivity contribution in [2.24, 2.45) is 0 Å². The summed E-state index contributed by atoms with van der Waals surface area (Å²) in [6.45, 7) is 1.92. The lowest BCUT2D eigenvalue weighted by molar-refractivity contribution is 0.0706. The van der Waals surface area contributed by atoms with Crippen LogP contribution >= 0.6 is 15.9 Å². The number of hydrogen-bond acceptors (Lipinski definition) is 3. The summed E-state index contributed by atoms with van der Waals surface area (Å²) < 4.78 is 5.58. The van der Waals surface area contributed by atoms with E-state index in [0.29, 0.717) is 10.2 Å². The number of amides is 1. The molecule has 88 valence electrons. The van der Waals surface area contributed by atoms with E-state index in [2.05, 4.69) is 21.2 Å². The minimum Gasteiger partial charge on any atom is -0.457 e. The molecule has 1 unspecified atom stereocenters. The van der Waals surface area contributed by atoms with Gasteiger partial charge in [-0.05, 0) is 41.4 Å². The minimum atomic E-state index is 0.00863. The Bertz CT molecular complexity index is 372. The van der Waals surface area contributed by atoms with Gasteiger partial charge in [-0.2, -0.15) is 0 Å². The highest BCUT2D eigenvalue weighted by Gasteiger charge is 2.24. The van der Waals surface area contributed by atoms with Gasteiger partial charge in [-0.25, -0.2) is 0 Å². The van der Waals surface area contributed by atoms with Crippen molar-refractivity contribution >= 4 is 21.8 Å². The van der Waals surface area contributed by atoms with Gasteiger partial charge in [-0.1, -0.05) is 0 Å². The monoisotopic (exact) mass is 286 g/mol. The number of carbonyl (C=O) groups excluding carboxylic acids is 1. The topological polar surface area (TPSA) is 45.5 Å². The van der Waals surface area contributed by atoms with Crippen molar-refractivity contribution < 1.29 is 9.21 Å². The van der Waals surface area contributed by atoms with Crippen LogP contribution in [0.25, 0.3) is 0 Å². The van der Waals surface area contributed by atoms with Crippen molar-refractivity contribution in [3.05, 3.63) is 22.6 Å². The molecule has 4 nitrogen and oxygen atoms in total. The summed E-state index contributed by atoms with van der Waals surface area (Å²) in [4.78, 5) is 13.9. The highest BCUT2D eigenvalue weighted by molar-refractivity contribution is 9.10. The van der Waals surface area contributed by atoms with Crippen LogP contribution in [0.5, 0.6) is 0 Å². The largest absolute Gasteiger partial charge is 0.457 e. The Morgan fingerprint density at radius 3 is 3.06 bits per heavy atom. The van der Waals surface area contributed by atoms with Gasteiger partial charge >= 0.3 is 0 Å². The first-order valence-electron chi connectivity index (χ1n) is 5.41. The van der Waals surface area contributed by atoms with Crippen molar-refractivity contribution in [1.82, 2.24) is 10.2 Å². The molecule has 0 aromatic carbocycles. The van der Waals surface area contributed by atoms with Gasteiger partial charge in [0.2, 0.25) is 0 Å². The molecule has 1 N–H and O–H groups in total. The molecule has 1 amide bonds. The van der Waals surface area contributed by atoms with Crippen molar-refractivity contribution in [1.29, 1.82) is 0 Å². The Morgan fingerprint density at radius 1 is 1.69 bits per heavy atom. The van der Waals surface area contributed by atoms with E-state index in [9.17, 15) is 4.79 Å². The first-order valence-corrected chi connectivity index (χ1v) is 6.20. The summed E-state index contributed by atoms with van der Waals surface area (Å²) in [6, 6.07) is 1.97. The van der Waals surface area contributed by atoms with E-state index in [1.165, 1.54) is 6.26 Å². The SMILES string of the molecule is CN(C(=O)c1ccoc1Br)C1CCCNC1. The molecule has 1 aromatic heterocycles. The summed E-state index contributed by atoms with van der Waals surface area (Å²) >= 11 is 3.23. The lowest BCUT2D eigenvalue weighted by Crippen LogP contribution is -2.46. The Hall–Kier alpha value is -0.810. The fraction of sp³-hybridized carbons (Fsp3) is 0.545. The van der Waals surface area contributed by atoms with Crippen LogP contribution in [0, 0.1) is 0 Å². The van der Waals surface area contributed by atoms with Crippen molar-refractivity contribution in [3.63, 3.8) is 0 Å². The lowest BCUT2D eigenvalue weighted by Gasteiger charge is -2.31. The Kier molecular flexibility index (Phi) is 3.66. The van der Waals surface area contributed by atoms with Crippen LogP contribution in [0.4, 0.5) is 0 Å². The number of furan rings is 1. The highest BCUT2D eigenvalue weighted by Crippen LogP contribution is 2.20. The molecule has 2 heterocycles. The van der Waals surface area contributed by atoms with E-state index in [4.69, 9.17) is 4.42 Å². The second-order valence-electron chi connectivity index (χ2n) is 4.02. The number of halogens is 1. The second-order valence-corrected chi connectivity index (χ2v) is 4.74. The summed E-state index contributed by atoms with van der Waals surface area (Å²) in [7, 11) is 1.85. The van der Waals surface area contributed by atoms with E-state index in [1.54, 1.807) is 11.0 Å². The van der Waals surface area contributed by atoms with Crippen LogP contribution in [-0.2, 0) is 0 Å². The zero-order valence-corrected chi connectivity index (χ0v) is 10.8. The first-order chi connectivity index (χ1) is 7.70. The molecule has 5 heteroatoms. The third kappa shape index (κ3) is 2.30. The van der Waals surface area contributed by atoms with Crippen LogP contribution in [-0.4, -0.2) is 37.0 Å². The third-order valence-electron chi connectivity index (χ3n) is 2.99. The number of rotatable bonds is 2. The van der Waals surface area contributed by atoms with E-state index in [0.717, 1.165) is 25.9 Å². The molecule has 1 saturated heterocycles. The standard InChI is InChI=1S/C11H15BrN2O2/c1-14(8-3-2-5-13-7-8)11(15)9-4-6-16-10(9)12/h4,6,8,13H,2-3,5,7H2,1H3. The molecule has 1 aliphatic rings. The molecular formula is C11H15BrN2O2. The van der Waals surface area contributed by atoms with Gasteiger partial charge in [-0.15, -0.1) is 0 Å². The van der Waals surface area contributed by atoms with Crippen LogP contribution < -0.4 is 5.32 Å². The normalized spacial score (nSPS) is 20.8. The first kappa shape index (κ1) is 11.7. The molecule has 16 heavy (non-hydrogen) atoms.